The lowest BCUT2D eigenvalue weighted by molar-refractivity contribution is -0.272. The number of nitrogens with one attached hydrogen (secondary N) is 1. The van der Waals surface area contributed by atoms with Crippen LogP contribution in [0.5, 0.6) is 5.75 Å². The van der Waals surface area contributed by atoms with Gasteiger partial charge in [0.25, 0.3) is 5.91 Å². The minimum Gasteiger partial charge on any atom is -0.496 e. The third-order valence-corrected chi connectivity index (χ3v) is 6.25. The van der Waals surface area contributed by atoms with Gasteiger partial charge in [0.05, 0.1) is 37.4 Å². The van der Waals surface area contributed by atoms with Crippen molar-refractivity contribution in [2.24, 2.45) is 5.92 Å². The first-order valence-corrected chi connectivity index (χ1v) is 10.6. The number of aliphatic hydroxyl groups is 2. The van der Waals surface area contributed by atoms with E-state index in [1.54, 1.807) is 0 Å². The van der Waals surface area contributed by atoms with Crippen molar-refractivity contribution in [2.45, 2.75) is 49.9 Å². The highest BCUT2D eigenvalue weighted by Crippen LogP contribution is 2.55. The van der Waals surface area contributed by atoms with Crippen LogP contribution >= 0.6 is 0 Å². The summed E-state index contributed by atoms with van der Waals surface area (Å²) in [5, 5.41) is 20.8. The van der Waals surface area contributed by atoms with E-state index in [4.69, 9.17) is 14.6 Å². The fourth-order valence-corrected chi connectivity index (χ4v) is 4.16. The van der Waals surface area contributed by atoms with Crippen LogP contribution in [0.3, 0.4) is 0 Å². The maximum atomic E-state index is 14.0. The Balaban J connectivity index is 2.05. The number of carbonyl (C=O) groups is 1. The second-order valence-corrected chi connectivity index (χ2v) is 8.40. The molecule has 36 heavy (non-hydrogen) atoms. The van der Waals surface area contributed by atoms with Crippen LogP contribution in [0.4, 0.5) is 32.0 Å². The van der Waals surface area contributed by atoms with Gasteiger partial charge in [-0.15, -0.1) is 0 Å². The number of benzene rings is 1. The summed E-state index contributed by atoms with van der Waals surface area (Å²) in [7, 11) is 0.951. The van der Waals surface area contributed by atoms with E-state index < -0.39 is 65.8 Å². The van der Waals surface area contributed by atoms with Crippen LogP contribution in [0.2, 0.25) is 0 Å². The van der Waals surface area contributed by atoms with E-state index in [-0.39, 0.29) is 17.1 Å². The minimum atomic E-state index is -4.96. The standard InChI is InChI=1S/C22H23F6N3O5/c1-10-15(12-5-4-6-13(16(12)35-3)21(23,24)25)17(36-20(10,2)22(26,27)28)19(34)31-11-7-29-18(30-8-11)14(33)9-32/h4-8,10,14-15,17,32-33H,9H2,1-3H3,(H,31,34)/t10-,14?,15-,17+,20+/m0/s1. The fraction of sp³-hybridized carbons (Fsp3) is 0.500. The molecule has 1 aliphatic rings. The first-order chi connectivity index (χ1) is 16.7. The number of amides is 1. The molecule has 0 saturated carbocycles. The van der Waals surface area contributed by atoms with E-state index in [9.17, 15) is 36.2 Å². The third kappa shape index (κ3) is 4.97. The maximum absolute atomic E-state index is 14.0. The molecule has 0 bridgehead atoms. The number of nitrogens with zero attached hydrogens (tertiary/aromatic N) is 2. The number of methoxy groups -OCH3 is 1. The first kappa shape index (κ1) is 27.6. The van der Waals surface area contributed by atoms with Gasteiger partial charge >= 0.3 is 12.4 Å². The molecule has 2 heterocycles. The Morgan fingerprint density at radius 2 is 1.83 bits per heavy atom. The number of alkyl halides is 6. The van der Waals surface area contributed by atoms with Crippen molar-refractivity contribution in [3.63, 3.8) is 0 Å². The molecule has 8 nitrogen and oxygen atoms in total. The first-order valence-electron chi connectivity index (χ1n) is 10.6. The van der Waals surface area contributed by atoms with Crippen molar-refractivity contribution < 1.29 is 50.8 Å². The molecule has 5 atom stereocenters. The Labute approximate surface area is 201 Å². The number of ether oxygens (including phenoxy) is 2. The predicted octanol–water partition coefficient (Wildman–Crippen LogP) is 3.61. The Hall–Kier alpha value is -2.97. The van der Waals surface area contributed by atoms with Gasteiger partial charge in [-0.05, 0) is 13.0 Å². The zero-order valence-corrected chi connectivity index (χ0v) is 19.2. The largest absolute Gasteiger partial charge is 0.496 e. The SMILES string of the molecule is COc1c([C@H]2[C@H](C(=O)Nc3cnc(C(O)CO)nc3)O[C@@](C)(C(F)(F)F)[C@H]2C)cccc1C(F)(F)F. The second-order valence-electron chi connectivity index (χ2n) is 8.40. The molecule has 1 amide bonds. The molecule has 3 N–H and O–H groups in total. The number of aromatic nitrogens is 2. The molecule has 1 fully saturated rings. The molecule has 14 heteroatoms. The van der Waals surface area contributed by atoms with Gasteiger partial charge < -0.3 is 25.0 Å². The van der Waals surface area contributed by atoms with E-state index in [1.807, 2.05) is 0 Å². The molecule has 2 aromatic rings. The number of hydrogen-bond acceptors (Lipinski definition) is 7. The van der Waals surface area contributed by atoms with Crippen LogP contribution in [-0.2, 0) is 15.7 Å². The van der Waals surface area contributed by atoms with E-state index in [2.05, 4.69) is 15.3 Å². The van der Waals surface area contributed by atoms with Crippen molar-refractivity contribution in [3.05, 3.63) is 47.5 Å². The van der Waals surface area contributed by atoms with Gasteiger partial charge in [0.1, 0.15) is 18.0 Å². The van der Waals surface area contributed by atoms with Gasteiger partial charge in [-0.1, -0.05) is 19.1 Å². The molecule has 1 aromatic heterocycles. The molecule has 1 unspecified atom stereocenters. The average molecular weight is 523 g/mol. The van der Waals surface area contributed by atoms with Crippen molar-refractivity contribution in [2.75, 3.05) is 19.0 Å². The van der Waals surface area contributed by atoms with Gasteiger partial charge in [-0.25, -0.2) is 9.97 Å². The normalized spacial score (nSPS) is 25.5. The number of carbonyl (C=O) groups excluding carboxylic acids is 1. The van der Waals surface area contributed by atoms with Gasteiger partial charge in [-0.2, -0.15) is 26.3 Å². The summed E-state index contributed by atoms with van der Waals surface area (Å²) in [6, 6.07) is 2.90. The molecule has 1 saturated heterocycles. The van der Waals surface area contributed by atoms with Gasteiger partial charge in [0.2, 0.25) is 0 Å². The van der Waals surface area contributed by atoms with Crippen molar-refractivity contribution in [3.8, 4) is 5.75 Å². The van der Waals surface area contributed by atoms with Crippen LogP contribution in [0.1, 0.15) is 42.8 Å². The van der Waals surface area contributed by atoms with Gasteiger partial charge in [-0.3, -0.25) is 4.79 Å². The lowest BCUT2D eigenvalue weighted by atomic mass is 9.76. The average Bonchev–Trinajstić information content (AvgIpc) is 3.09. The Kier molecular flexibility index (Phi) is 7.54. The molecule has 3 rings (SSSR count). The molecule has 1 aliphatic heterocycles. The van der Waals surface area contributed by atoms with E-state index in [0.29, 0.717) is 0 Å². The number of halogens is 6. The quantitative estimate of drug-likeness (QED) is 0.496. The summed E-state index contributed by atoms with van der Waals surface area (Å²) < 4.78 is 93.0. The molecule has 198 valence electrons. The summed E-state index contributed by atoms with van der Waals surface area (Å²) in [4.78, 5) is 20.6. The molecule has 0 spiro atoms. The van der Waals surface area contributed by atoms with Crippen molar-refractivity contribution in [1.29, 1.82) is 0 Å². The number of anilines is 1. The van der Waals surface area contributed by atoms with E-state index >= 15 is 0 Å². The lowest BCUT2D eigenvalue weighted by Gasteiger charge is -2.32. The number of aliphatic hydroxyl groups excluding tert-OH is 2. The zero-order valence-electron chi connectivity index (χ0n) is 19.2. The number of rotatable bonds is 6. The Morgan fingerprint density at radius 3 is 2.33 bits per heavy atom. The topological polar surface area (TPSA) is 114 Å². The molecule has 0 aliphatic carbocycles. The van der Waals surface area contributed by atoms with Crippen LogP contribution in [-0.4, -0.2) is 57.7 Å². The van der Waals surface area contributed by atoms with Crippen molar-refractivity contribution in [1.82, 2.24) is 9.97 Å². The maximum Gasteiger partial charge on any atom is 0.419 e. The van der Waals surface area contributed by atoms with E-state index in [1.165, 1.54) is 0 Å². The number of para-hydroxylation sites is 1. The molecule has 0 radical (unpaired) electrons. The summed E-state index contributed by atoms with van der Waals surface area (Å²) in [5.74, 6) is -4.94. The molecule has 1 aromatic carbocycles. The molecular formula is C22H23F6N3O5. The van der Waals surface area contributed by atoms with Crippen LogP contribution < -0.4 is 10.1 Å². The Morgan fingerprint density at radius 1 is 1.22 bits per heavy atom. The lowest BCUT2D eigenvalue weighted by Crippen LogP contribution is -2.47. The summed E-state index contributed by atoms with van der Waals surface area (Å²) >= 11 is 0. The summed E-state index contributed by atoms with van der Waals surface area (Å²) in [6.45, 7) is 1.20. The smallest absolute Gasteiger partial charge is 0.419 e. The van der Waals surface area contributed by atoms with E-state index in [0.717, 1.165) is 51.6 Å². The highest BCUT2D eigenvalue weighted by Gasteiger charge is 2.66. The zero-order chi connectivity index (χ0) is 27.1. The minimum absolute atomic E-state index is 0.0829. The van der Waals surface area contributed by atoms with Crippen LogP contribution in [0.25, 0.3) is 0 Å². The van der Waals surface area contributed by atoms with Gasteiger partial charge in [0.15, 0.2) is 11.4 Å². The van der Waals surface area contributed by atoms with Crippen molar-refractivity contribution >= 4 is 11.6 Å². The number of hydrogen-bond donors (Lipinski definition) is 3. The van der Waals surface area contributed by atoms with Crippen LogP contribution in [0.15, 0.2) is 30.6 Å². The summed E-state index contributed by atoms with van der Waals surface area (Å²) in [6.07, 6.45) is -11.0. The highest BCUT2D eigenvalue weighted by molar-refractivity contribution is 5.95. The fourth-order valence-electron chi connectivity index (χ4n) is 4.16. The monoisotopic (exact) mass is 523 g/mol. The highest BCUT2D eigenvalue weighted by atomic mass is 19.4. The second kappa shape index (κ2) is 9.82. The Bertz CT molecular complexity index is 1100. The van der Waals surface area contributed by atoms with Crippen LogP contribution in [0, 0.1) is 5.92 Å². The third-order valence-electron chi connectivity index (χ3n) is 6.25. The summed E-state index contributed by atoms with van der Waals surface area (Å²) in [5.41, 5.74) is -4.43. The predicted molar refractivity (Wildman–Crippen MR) is 112 cm³/mol. The molecular weight excluding hydrogens is 500 g/mol. The van der Waals surface area contributed by atoms with Gasteiger partial charge in [0, 0.05) is 17.4 Å².